The first-order chi connectivity index (χ1) is 8.31. The monoisotopic (exact) mass is 236 g/mol. The van der Waals surface area contributed by atoms with Gasteiger partial charge in [0, 0.05) is 31.0 Å². The first-order valence-corrected chi connectivity index (χ1v) is 5.89. The maximum atomic E-state index is 11.5. The molecule has 17 heavy (non-hydrogen) atoms. The topological polar surface area (TPSA) is 61.3 Å². The number of nitrogens with zero attached hydrogens (tertiary/aromatic N) is 2. The van der Waals surface area contributed by atoms with Gasteiger partial charge in [-0.2, -0.15) is 0 Å². The van der Waals surface area contributed by atoms with E-state index >= 15 is 0 Å². The fraction of sp³-hybridized carbons (Fsp3) is 0.583. The molecule has 2 heterocycles. The maximum absolute atomic E-state index is 11.5. The quantitative estimate of drug-likeness (QED) is 0.745. The molecule has 0 aliphatic carbocycles. The molecule has 92 valence electrons. The SMILES string of the molecule is CCOC(=O)c1nccc(C2CCOCC2)n1. The van der Waals surface area contributed by atoms with Crippen LogP contribution in [0, 0.1) is 0 Å². The predicted molar refractivity (Wildman–Crippen MR) is 60.8 cm³/mol. The van der Waals surface area contributed by atoms with Gasteiger partial charge in [-0.3, -0.25) is 0 Å². The van der Waals surface area contributed by atoms with Crippen LogP contribution in [0.2, 0.25) is 0 Å². The maximum Gasteiger partial charge on any atom is 0.376 e. The molecule has 1 aliphatic rings. The second kappa shape index (κ2) is 5.72. The van der Waals surface area contributed by atoms with Gasteiger partial charge in [0.25, 0.3) is 0 Å². The standard InChI is InChI=1S/C12H16N2O3/c1-2-17-12(15)11-13-6-3-10(14-11)9-4-7-16-8-5-9/h3,6,9H,2,4-5,7-8H2,1H3. The molecular formula is C12H16N2O3. The van der Waals surface area contributed by atoms with Crippen molar-refractivity contribution in [1.29, 1.82) is 0 Å². The Morgan fingerprint density at radius 1 is 1.53 bits per heavy atom. The van der Waals surface area contributed by atoms with Crippen LogP contribution >= 0.6 is 0 Å². The summed E-state index contributed by atoms with van der Waals surface area (Å²) in [4.78, 5) is 19.7. The lowest BCUT2D eigenvalue weighted by Gasteiger charge is -2.21. The van der Waals surface area contributed by atoms with Crippen LogP contribution in [0.4, 0.5) is 0 Å². The van der Waals surface area contributed by atoms with Crippen molar-refractivity contribution in [2.45, 2.75) is 25.7 Å². The third-order valence-corrected chi connectivity index (χ3v) is 2.77. The molecule has 1 fully saturated rings. The molecule has 0 spiro atoms. The Morgan fingerprint density at radius 2 is 2.29 bits per heavy atom. The Hall–Kier alpha value is -1.49. The zero-order valence-corrected chi connectivity index (χ0v) is 9.89. The molecule has 1 aromatic heterocycles. The largest absolute Gasteiger partial charge is 0.460 e. The molecule has 0 unspecified atom stereocenters. The Kier molecular flexibility index (Phi) is 4.03. The van der Waals surface area contributed by atoms with E-state index in [-0.39, 0.29) is 5.82 Å². The molecule has 5 heteroatoms. The van der Waals surface area contributed by atoms with E-state index in [4.69, 9.17) is 9.47 Å². The van der Waals surface area contributed by atoms with Gasteiger partial charge in [0.15, 0.2) is 0 Å². The highest BCUT2D eigenvalue weighted by molar-refractivity contribution is 5.85. The number of rotatable bonds is 3. The second-order valence-electron chi connectivity index (χ2n) is 3.91. The molecule has 0 amide bonds. The summed E-state index contributed by atoms with van der Waals surface area (Å²) in [6.45, 7) is 3.61. The van der Waals surface area contributed by atoms with Gasteiger partial charge in [-0.1, -0.05) is 0 Å². The molecule has 0 saturated carbocycles. The van der Waals surface area contributed by atoms with E-state index in [2.05, 4.69) is 9.97 Å². The van der Waals surface area contributed by atoms with Crippen LogP contribution in [0.5, 0.6) is 0 Å². The fourth-order valence-electron chi connectivity index (χ4n) is 1.89. The molecule has 2 rings (SSSR count). The van der Waals surface area contributed by atoms with Crippen molar-refractivity contribution in [2.75, 3.05) is 19.8 Å². The number of esters is 1. The van der Waals surface area contributed by atoms with Crippen molar-refractivity contribution < 1.29 is 14.3 Å². The Labute approximate surface area is 100 Å². The van der Waals surface area contributed by atoms with Crippen LogP contribution in [-0.2, 0) is 9.47 Å². The summed E-state index contributed by atoms with van der Waals surface area (Å²) in [5, 5.41) is 0. The van der Waals surface area contributed by atoms with E-state index in [1.54, 1.807) is 13.1 Å². The molecule has 0 bridgehead atoms. The second-order valence-corrected chi connectivity index (χ2v) is 3.91. The zero-order chi connectivity index (χ0) is 12.1. The van der Waals surface area contributed by atoms with E-state index in [1.807, 2.05) is 6.07 Å². The molecule has 0 N–H and O–H groups in total. The van der Waals surface area contributed by atoms with Gasteiger partial charge in [0.05, 0.1) is 6.61 Å². The smallest absolute Gasteiger partial charge is 0.376 e. The fourth-order valence-corrected chi connectivity index (χ4v) is 1.89. The normalized spacial score (nSPS) is 16.8. The van der Waals surface area contributed by atoms with Crippen LogP contribution in [0.3, 0.4) is 0 Å². The molecule has 1 saturated heterocycles. The summed E-state index contributed by atoms with van der Waals surface area (Å²) >= 11 is 0. The number of carbonyl (C=O) groups is 1. The summed E-state index contributed by atoms with van der Waals surface area (Å²) in [5.41, 5.74) is 0.909. The number of carbonyl (C=O) groups excluding carboxylic acids is 1. The van der Waals surface area contributed by atoms with E-state index in [0.717, 1.165) is 31.7 Å². The minimum Gasteiger partial charge on any atom is -0.460 e. The van der Waals surface area contributed by atoms with Crippen LogP contribution in [-0.4, -0.2) is 35.8 Å². The van der Waals surface area contributed by atoms with Crippen molar-refractivity contribution in [2.24, 2.45) is 0 Å². The third-order valence-electron chi connectivity index (χ3n) is 2.77. The van der Waals surface area contributed by atoms with Gasteiger partial charge in [0.1, 0.15) is 0 Å². The van der Waals surface area contributed by atoms with Gasteiger partial charge < -0.3 is 9.47 Å². The van der Waals surface area contributed by atoms with Crippen molar-refractivity contribution in [3.63, 3.8) is 0 Å². The Balaban J connectivity index is 2.12. The van der Waals surface area contributed by atoms with E-state index in [0.29, 0.717) is 12.5 Å². The summed E-state index contributed by atoms with van der Waals surface area (Å²) < 4.78 is 10.2. The van der Waals surface area contributed by atoms with Gasteiger partial charge in [-0.05, 0) is 25.8 Å². The van der Waals surface area contributed by atoms with Crippen molar-refractivity contribution in [3.8, 4) is 0 Å². The molecule has 0 radical (unpaired) electrons. The molecular weight excluding hydrogens is 220 g/mol. The predicted octanol–water partition coefficient (Wildman–Crippen LogP) is 1.55. The zero-order valence-electron chi connectivity index (χ0n) is 9.89. The number of ether oxygens (including phenoxy) is 2. The number of aromatic nitrogens is 2. The van der Waals surface area contributed by atoms with Crippen LogP contribution in [0.25, 0.3) is 0 Å². The van der Waals surface area contributed by atoms with E-state index in [1.165, 1.54) is 0 Å². The van der Waals surface area contributed by atoms with Crippen LogP contribution in [0.1, 0.15) is 42.0 Å². The lowest BCUT2D eigenvalue weighted by Crippen LogP contribution is -2.17. The van der Waals surface area contributed by atoms with E-state index < -0.39 is 5.97 Å². The average Bonchev–Trinajstić information content (AvgIpc) is 2.40. The van der Waals surface area contributed by atoms with Crippen molar-refractivity contribution >= 4 is 5.97 Å². The van der Waals surface area contributed by atoms with Crippen molar-refractivity contribution in [3.05, 3.63) is 23.8 Å². The highest BCUT2D eigenvalue weighted by Crippen LogP contribution is 2.24. The lowest BCUT2D eigenvalue weighted by molar-refractivity contribution is 0.0510. The van der Waals surface area contributed by atoms with E-state index in [9.17, 15) is 4.79 Å². The lowest BCUT2D eigenvalue weighted by atomic mass is 9.96. The summed E-state index contributed by atoms with van der Waals surface area (Å²) in [7, 11) is 0. The minimum absolute atomic E-state index is 0.149. The Morgan fingerprint density at radius 3 is 3.00 bits per heavy atom. The highest BCUT2D eigenvalue weighted by atomic mass is 16.5. The van der Waals surface area contributed by atoms with Crippen LogP contribution < -0.4 is 0 Å². The van der Waals surface area contributed by atoms with Crippen LogP contribution in [0.15, 0.2) is 12.3 Å². The molecule has 1 aliphatic heterocycles. The van der Waals surface area contributed by atoms with Gasteiger partial charge in [0.2, 0.25) is 5.82 Å². The molecule has 0 atom stereocenters. The van der Waals surface area contributed by atoms with Gasteiger partial charge in [-0.15, -0.1) is 0 Å². The molecule has 5 nitrogen and oxygen atoms in total. The summed E-state index contributed by atoms with van der Waals surface area (Å²) in [5.74, 6) is 0.0529. The Bertz CT molecular complexity index is 389. The average molecular weight is 236 g/mol. The first kappa shape index (κ1) is 12.0. The minimum atomic E-state index is -0.457. The highest BCUT2D eigenvalue weighted by Gasteiger charge is 2.19. The van der Waals surface area contributed by atoms with Crippen molar-refractivity contribution in [1.82, 2.24) is 9.97 Å². The molecule has 1 aromatic rings. The number of hydrogen-bond acceptors (Lipinski definition) is 5. The third kappa shape index (κ3) is 3.00. The summed E-state index contributed by atoms with van der Waals surface area (Å²) in [6, 6.07) is 1.86. The summed E-state index contributed by atoms with van der Waals surface area (Å²) in [6.07, 6.45) is 3.50. The van der Waals surface area contributed by atoms with Gasteiger partial charge >= 0.3 is 5.97 Å². The molecule has 0 aromatic carbocycles. The first-order valence-electron chi connectivity index (χ1n) is 5.89. The number of hydrogen-bond donors (Lipinski definition) is 0. The van der Waals surface area contributed by atoms with Gasteiger partial charge in [-0.25, -0.2) is 14.8 Å².